The molecule has 0 aliphatic carbocycles. The van der Waals surface area contributed by atoms with Gasteiger partial charge in [0.15, 0.2) is 5.69 Å². The Morgan fingerprint density at radius 1 is 0.935 bits per heavy atom. The zero-order chi connectivity index (χ0) is 21.8. The summed E-state index contributed by atoms with van der Waals surface area (Å²) in [7, 11) is 1.31. The lowest BCUT2D eigenvalue weighted by Gasteiger charge is -2.07. The van der Waals surface area contributed by atoms with Gasteiger partial charge in [0, 0.05) is 5.56 Å². The molecule has 0 amide bonds. The van der Waals surface area contributed by atoms with E-state index >= 15 is 0 Å². The molecule has 0 bridgehead atoms. The Bertz CT molecular complexity index is 1180. The summed E-state index contributed by atoms with van der Waals surface area (Å²) in [6.45, 7) is 2.11. The monoisotopic (exact) mass is 416 g/mol. The van der Waals surface area contributed by atoms with Crippen LogP contribution in [0, 0.1) is 5.82 Å². The van der Waals surface area contributed by atoms with Gasteiger partial charge < -0.3 is 9.47 Å². The number of benzene rings is 3. The molecule has 0 aliphatic rings. The highest BCUT2D eigenvalue weighted by Gasteiger charge is 2.18. The van der Waals surface area contributed by atoms with E-state index in [2.05, 4.69) is 12.0 Å². The van der Waals surface area contributed by atoms with E-state index in [0.717, 1.165) is 17.7 Å². The maximum absolute atomic E-state index is 13.3. The summed E-state index contributed by atoms with van der Waals surface area (Å²) in [5, 5.41) is 4.53. The SMILES string of the molecule is CCc1ccc(Oc2ccc(-c3cc(C(=O)OC)n(-c4ccc(F)cc4)n3)cc2)cc1. The van der Waals surface area contributed by atoms with Gasteiger partial charge >= 0.3 is 5.97 Å². The average molecular weight is 416 g/mol. The van der Waals surface area contributed by atoms with Crippen LogP contribution in [0.3, 0.4) is 0 Å². The number of esters is 1. The Morgan fingerprint density at radius 3 is 2.13 bits per heavy atom. The molecule has 0 aliphatic heterocycles. The topological polar surface area (TPSA) is 53.4 Å². The standard InChI is InChI=1S/C25H21FN2O3/c1-3-17-4-12-21(13-5-17)31-22-14-6-18(7-15-22)23-16-24(25(29)30-2)28(27-23)20-10-8-19(26)9-11-20/h4-16H,3H2,1-2H3. The van der Waals surface area contributed by atoms with Crippen LogP contribution in [0.1, 0.15) is 23.0 Å². The van der Waals surface area contributed by atoms with E-state index in [4.69, 9.17) is 9.47 Å². The van der Waals surface area contributed by atoms with E-state index in [1.807, 2.05) is 48.5 Å². The molecule has 156 valence electrons. The number of carbonyl (C=O) groups is 1. The van der Waals surface area contributed by atoms with Crippen molar-refractivity contribution in [3.05, 3.63) is 95.9 Å². The molecule has 0 saturated heterocycles. The first-order valence-corrected chi connectivity index (χ1v) is 9.89. The summed E-state index contributed by atoms with van der Waals surface area (Å²) in [6, 6.07) is 22.8. The molecule has 0 atom stereocenters. The van der Waals surface area contributed by atoms with Crippen LogP contribution >= 0.6 is 0 Å². The van der Waals surface area contributed by atoms with Gasteiger partial charge in [-0.3, -0.25) is 0 Å². The van der Waals surface area contributed by atoms with Crippen LogP contribution < -0.4 is 4.74 Å². The van der Waals surface area contributed by atoms with Crippen LogP contribution in [-0.4, -0.2) is 22.9 Å². The highest BCUT2D eigenvalue weighted by molar-refractivity contribution is 5.89. The van der Waals surface area contributed by atoms with Crippen molar-refractivity contribution < 1.29 is 18.7 Å². The first-order valence-electron chi connectivity index (χ1n) is 9.89. The highest BCUT2D eigenvalue weighted by atomic mass is 19.1. The van der Waals surface area contributed by atoms with Gasteiger partial charge in [0.25, 0.3) is 0 Å². The van der Waals surface area contributed by atoms with Gasteiger partial charge in [-0.2, -0.15) is 5.10 Å². The van der Waals surface area contributed by atoms with E-state index in [-0.39, 0.29) is 11.5 Å². The van der Waals surface area contributed by atoms with Crippen LogP contribution in [0.5, 0.6) is 11.5 Å². The number of nitrogens with zero attached hydrogens (tertiary/aromatic N) is 2. The minimum absolute atomic E-state index is 0.250. The van der Waals surface area contributed by atoms with Crippen molar-refractivity contribution in [3.8, 4) is 28.4 Å². The summed E-state index contributed by atoms with van der Waals surface area (Å²) in [5.41, 5.74) is 3.45. The van der Waals surface area contributed by atoms with E-state index in [9.17, 15) is 9.18 Å². The van der Waals surface area contributed by atoms with Crippen molar-refractivity contribution in [2.75, 3.05) is 7.11 Å². The van der Waals surface area contributed by atoms with E-state index in [0.29, 0.717) is 17.1 Å². The number of methoxy groups -OCH3 is 1. The molecule has 6 heteroatoms. The van der Waals surface area contributed by atoms with Gasteiger partial charge in [0.05, 0.1) is 18.5 Å². The summed E-state index contributed by atoms with van der Waals surface area (Å²) < 4.78 is 25.5. The van der Waals surface area contributed by atoms with Gasteiger partial charge in [0.2, 0.25) is 0 Å². The second kappa shape index (κ2) is 8.83. The number of hydrogen-bond donors (Lipinski definition) is 0. The van der Waals surface area contributed by atoms with Gasteiger partial charge in [-0.05, 0) is 78.7 Å². The van der Waals surface area contributed by atoms with E-state index < -0.39 is 5.97 Å². The minimum Gasteiger partial charge on any atom is -0.464 e. The van der Waals surface area contributed by atoms with Crippen molar-refractivity contribution >= 4 is 5.97 Å². The lowest BCUT2D eigenvalue weighted by molar-refractivity contribution is 0.0590. The molecule has 5 nitrogen and oxygen atoms in total. The Morgan fingerprint density at radius 2 is 1.55 bits per heavy atom. The summed E-state index contributed by atoms with van der Waals surface area (Å²) >= 11 is 0. The molecule has 0 saturated carbocycles. The maximum Gasteiger partial charge on any atom is 0.356 e. The predicted molar refractivity (Wildman–Crippen MR) is 116 cm³/mol. The van der Waals surface area contributed by atoms with Crippen LogP contribution in [0.15, 0.2) is 78.9 Å². The third-order valence-electron chi connectivity index (χ3n) is 4.89. The van der Waals surface area contributed by atoms with Gasteiger partial charge in [-0.15, -0.1) is 0 Å². The predicted octanol–water partition coefficient (Wildman–Crippen LogP) is 5.82. The number of halogens is 1. The number of aryl methyl sites for hydroxylation is 1. The smallest absolute Gasteiger partial charge is 0.356 e. The third kappa shape index (κ3) is 4.48. The fourth-order valence-corrected chi connectivity index (χ4v) is 3.17. The average Bonchev–Trinajstić information content (AvgIpc) is 3.25. The number of ether oxygens (including phenoxy) is 2. The van der Waals surface area contributed by atoms with Crippen LogP contribution in [0.2, 0.25) is 0 Å². The number of rotatable bonds is 6. The zero-order valence-corrected chi connectivity index (χ0v) is 17.2. The first-order chi connectivity index (χ1) is 15.1. The lowest BCUT2D eigenvalue weighted by Crippen LogP contribution is -2.10. The molecule has 4 rings (SSSR count). The largest absolute Gasteiger partial charge is 0.464 e. The van der Waals surface area contributed by atoms with Gasteiger partial charge in [-0.1, -0.05) is 19.1 Å². The van der Waals surface area contributed by atoms with Crippen molar-refractivity contribution in [2.45, 2.75) is 13.3 Å². The summed E-state index contributed by atoms with van der Waals surface area (Å²) in [6.07, 6.45) is 0.979. The normalized spacial score (nSPS) is 10.7. The molecule has 0 N–H and O–H groups in total. The lowest BCUT2D eigenvalue weighted by atomic mass is 10.1. The molecular formula is C25H21FN2O3. The molecule has 31 heavy (non-hydrogen) atoms. The Balaban J connectivity index is 1.61. The van der Waals surface area contributed by atoms with Crippen LogP contribution in [0.4, 0.5) is 4.39 Å². The second-order valence-electron chi connectivity index (χ2n) is 6.92. The molecule has 0 spiro atoms. The molecule has 3 aromatic carbocycles. The summed E-state index contributed by atoms with van der Waals surface area (Å²) in [5.74, 6) is 0.562. The van der Waals surface area contributed by atoms with E-state index in [1.54, 1.807) is 18.2 Å². The second-order valence-corrected chi connectivity index (χ2v) is 6.92. The molecule has 0 unspecified atom stereocenters. The minimum atomic E-state index is -0.529. The fraction of sp³-hybridized carbons (Fsp3) is 0.120. The molecule has 0 fully saturated rings. The van der Waals surface area contributed by atoms with Gasteiger partial charge in [0.1, 0.15) is 17.3 Å². The third-order valence-corrected chi connectivity index (χ3v) is 4.89. The first kappa shape index (κ1) is 20.3. The zero-order valence-electron chi connectivity index (χ0n) is 17.2. The summed E-state index contributed by atoms with van der Waals surface area (Å²) in [4.78, 5) is 12.2. The van der Waals surface area contributed by atoms with Gasteiger partial charge in [-0.25, -0.2) is 13.9 Å². The fourth-order valence-electron chi connectivity index (χ4n) is 3.17. The Kier molecular flexibility index (Phi) is 5.80. The molecule has 4 aromatic rings. The quantitative estimate of drug-likeness (QED) is 0.372. The maximum atomic E-state index is 13.3. The molecular weight excluding hydrogens is 395 g/mol. The number of aromatic nitrogens is 2. The number of carbonyl (C=O) groups excluding carboxylic acids is 1. The molecule has 1 heterocycles. The van der Waals surface area contributed by atoms with Crippen molar-refractivity contribution in [3.63, 3.8) is 0 Å². The van der Waals surface area contributed by atoms with Crippen LogP contribution in [0.25, 0.3) is 16.9 Å². The Hall–Kier alpha value is -3.93. The highest BCUT2D eigenvalue weighted by Crippen LogP contribution is 2.27. The Labute approximate surface area is 179 Å². The molecule has 1 aromatic heterocycles. The molecule has 0 radical (unpaired) electrons. The van der Waals surface area contributed by atoms with Crippen molar-refractivity contribution in [2.24, 2.45) is 0 Å². The van der Waals surface area contributed by atoms with Crippen LogP contribution in [-0.2, 0) is 11.2 Å². The van der Waals surface area contributed by atoms with E-state index in [1.165, 1.54) is 29.5 Å². The number of hydrogen-bond acceptors (Lipinski definition) is 4. The van der Waals surface area contributed by atoms with Crippen molar-refractivity contribution in [1.82, 2.24) is 9.78 Å². The van der Waals surface area contributed by atoms with Crippen molar-refractivity contribution in [1.29, 1.82) is 0 Å².